The van der Waals surface area contributed by atoms with Gasteiger partial charge in [0.15, 0.2) is 0 Å². The molecule has 1 aromatic heterocycles. The van der Waals surface area contributed by atoms with Crippen molar-refractivity contribution < 1.29 is 14.6 Å². The Bertz CT molecular complexity index is 617. The molecule has 0 aliphatic carbocycles. The van der Waals surface area contributed by atoms with Crippen molar-refractivity contribution >= 4 is 5.97 Å². The minimum absolute atomic E-state index is 0.0285. The fourth-order valence-corrected chi connectivity index (χ4v) is 2.10. The Morgan fingerprint density at radius 2 is 2.21 bits per heavy atom. The largest absolute Gasteiger partial charge is 0.497 e. The van der Waals surface area contributed by atoms with Crippen LogP contribution in [0.15, 0.2) is 24.3 Å². The van der Waals surface area contributed by atoms with Crippen LogP contribution in [0.25, 0.3) is 11.3 Å². The fourth-order valence-electron chi connectivity index (χ4n) is 2.10. The summed E-state index contributed by atoms with van der Waals surface area (Å²) in [5, 5.41) is 13.3. The molecule has 0 aliphatic rings. The SMILES string of the molecule is COc1cccc(-c2nn(C)c(CC(=O)O)c2C)c1. The number of hydrogen-bond donors (Lipinski definition) is 1. The highest BCUT2D eigenvalue weighted by Crippen LogP contribution is 2.27. The highest BCUT2D eigenvalue weighted by molar-refractivity contribution is 5.72. The standard InChI is InChI=1S/C14H16N2O3/c1-9-12(8-13(17)18)16(2)15-14(9)10-5-4-6-11(7-10)19-3/h4-7H,8H2,1-3H3,(H,17,18). The van der Waals surface area contributed by atoms with Crippen molar-refractivity contribution in [3.8, 4) is 17.0 Å². The van der Waals surface area contributed by atoms with Gasteiger partial charge in [-0.3, -0.25) is 9.48 Å². The zero-order chi connectivity index (χ0) is 14.0. The molecule has 1 N–H and O–H groups in total. The molecule has 100 valence electrons. The number of carbonyl (C=O) groups is 1. The van der Waals surface area contributed by atoms with Crippen LogP contribution in [-0.2, 0) is 18.3 Å². The number of aliphatic carboxylic acids is 1. The summed E-state index contributed by atoms with van der Waals surface area (Å²) >= 11 is 0. The Morgan fingerprint density at radius 1 is 1.47 bits per heavy atom. The van der Waals surface area contributed by atoms with Crippen LogP contribution < -0.4 is 4.74 Å². The molecule has 0 atom stereocenters. The molecular formula is C14H16N2O3. The van der Waals surface area contributed by atoms with E-state index >= 15 is 0 Å². The second kappa shape index (κ2) is 5.14. The van der Waals surface area contributed by atoms with Crippen LogP contribution in [-0.4, -0.2) is 28.0 Å². The van der Waals surface area contributed by atoms with Gasteiger partial charge in [-0.1, -0.05) is 12.1 Å². The number of aromatic nitrogens is 2. The Kier molecular flexibility index (Phi) is 3.55. The maximum absolute atomic E-state index is 10.9. The van der Waals surface area contributed by atoms with Crippen molar-refractivity contribution in [1.29, 1.82) is 0 Å². The summed E-state index contributed by atoms with van der Waals surface area (Å²) in [6, 6.07) is 7.57. The molecule has 1 aromatic carbocycles. The molecule has 0 spiro atoms. The topological polar surface area (TPSA) is 64.4 Å². The highest BCUT2D eigenvalue weighted by atomic mass is 16.5. The summed E-state index contributed by atoms with van der Waals surface area (Å²) in [6.45, 7) is 1.89. The lowest BCUT2D eigenvalue weighted by molar-refractivity contribution is -0.136. The van der Waals surface area contributed by atoms with Gasteiger partial charge in [0.05, 0.1) is 24.9 Å². The van der Waals surface area contributed by atoms with Gasteiger partial charge in [-0.05, 0) is 24.6 Å². The average Bonchev–Trinajstić information content (AvgIpc) is 2.66. The summed E-state index contributed by atoms with van der Waals surface area (Å²) in [5.41, 5.74) is 3.31. The molecule has 2 rings (SSSR count). The number of benzene rings is 1. The Labute approximate surface area is 111 Å². The predicted octanol–water partition coefficient (Wildman–Crippen LogP) is 2.03. The van der Waals surface area contributed by atoms with E-state index in [2.05, 4.69) is 5.10 Å². The number of carboxylic acid groups (broad SMARTS) is 1. The molecule has 0 saturated heterocycles. The maximum atomic E-state index is 10.9. The van der Waals surface area contributed by atoms with Crippen LogP contribution in [0, 0.1) is 6.92 Å². The quantitative estimate of drug-likeness (QED) is 0.913. The van der Waals surface area contributed by atoms with Gasteiger partial charge in [0, 0.05) is 12.6 Å². The third-order valence-corrected chi connectivity index (χ3v) is 3.09. The summed E-state index contributed by atoms with van der Waals surface area (Å²) in [6.07, 6.45) is -0.0285. The minimum atomic E-state index is -0.858. The van der Waals surface area contributed by atoms with Crippen molar-refractivity contribution in [2.45, 2.75) is 13.3 Å². The number of carboxylic acids is 1. The molecule has 1 heterocycles. The monoisotopic (exact) mass is 260 g/mol. The second-order valence-electron chi connectivity index (χ2n) is 4.35. The van der Waals surface area contributed by atoms with Gasteiger partial charge in [0.2, 0.25) is 0 Å². The van der Waals surface area contributed by atoms with Gasteiger partial charge >= 0.3 is 5.97 Å². The number of aryl methyl sites for hydroxylation is 1. The van der Waals surface area contributed by atoms with E-state index in [9.17, 15) is 4.79 Å². The second-order valence-corrected chi connectivity index (χ2v) is 4.35. The first-order valence-electron chi connectivity index (χ1n) is 5.91. The van der Waals surface area contributed by atoms with E-state index in [-0.39, 0.29) is 6.42 Å². The first-order valence-corrected chi connectivity index (χ1v) is 5.91. The molecular weight excluding hydrogens is 244 g/mol. The Hall–Kier alpha value is -2.30. The van der Waals surface area contributed by atoms with Crippen molar-refractivity contribution in [3.63, 3.8) is 0 Å². The number of hydrogen-bond acceptors (Lipinski definition) is 3. The number of rotatable bonds is 4. The van der Waals surface area contributed by atoms with E-state index in [0.29, 0.717) is 5.69 Å². The lowest BCUT2D eigenvalue weighted by atomic mass is 10.1. The zero-order valence-electron chi connectivity index (χ0n) is 11.2. The van der Waals surface area contributed by atoms with Gasteiger partial charge in [0.1, 0.15) is 5.75 Å². The van der Waals surface area contributed by atoms with Crippen LogP contribution >= 0.6 is 0 Å². The summed E-state index contributed by atoms with van der Waals surface area (Å²) in [5.74, 6) is -0.106. The van der Waals surface area contributed by atoms with Gasteiger partial charge in [-0.25, -0.2) is 0 Å². The van der Waals surface area contributed by atoms with Gasteiger partial charge < -0.3 is 9.84 Å². The fraction of sp³-hybridized carbons (Fsp3) is 0.286. The number of methoxy groups -OCH3 is 1. The van der Waals surface area contributed by atoms with Crippen LogP contribution in [0.3, 0.4) is 0 Å². The molecule has 5 nitrogen and oxygen atoms in total. The lowest BCUT2D eigenvalue weighted by Crippen LogP contribution is -2.06. The molecule has 2 aromatic rings. The smallest absolute Gasteiger partial charge is 0.309 e. The van der Waals surface area contributed by atoms with E-state index in [0.717, 1.165) is 22.6 Å². The molecule has 19 heavy (non-hydrogen) atoms. The Morgan fingerprint density at radius 3 is 2.84 bits per heavy atom. The summed E-state index contributed by atoms with van der Waals surface area (Å²) in [4.78, 5) is 10.9. The van der Waals surface area contributed by atoms with E-state index in [4.69, 9.17) is 9.84 Å². The highest BCUT2D eigenvalue weighted by Gasteiger charge is 2.16. The first kappa shape index (κ1) is 13.1. The molecule has 0 radical (unpaired) electrons. The van der Waals surface area contributed by atoms with Gasteiger partial charge in [-0.15, -0.1) is 0 Å². The first-order chi connectivity index (χ1) is 9.02. The third-order valence-electron chi connectivity index (χ3n) is 3.09. The molecule has 0 amide bonds. The summed E-state index contributed by atoms with van der Waals surface area (Å²) in [7, 11) is 3.37. The molecule has 0 fully saturated rings. The van der Waals surface area contributed by atoms with E-state index in [1.807, 2.05) is 31.2 Å². The normalized spacial score (nSPS) is 10.5. The molecule has 5 heteroatoms. The van der Waals surface area contributed by atoms with Crippen LogP contribution in [0.1, 0.15) is 11.3 Å². The van der Waals surface area contributed by atoms with Gasteiger partial charge in [-0.2, -0.15) is 5.10 Å². The molecule has 0 bridgehead atoms. The van der Waals surface area contributed by atoms with E-state index in [1.165, 1.54) is 0 Å². The minimum Gasteiger partial charge on any atom is -0.497 e. The van der Waals surface area contributed by atoms with Crippen molar-refractivity contribution in [1.82, 2.24) is 9.78 Å². The average molecular weight is 260 g/mol. The maximum Gasteiger partial charge on any atom is 0.309 e. The van der Waals surface area contributed by atoms with Crippen LogP contribution in [0.4, 0.5) is 0 Å². The predicted molar refractivity (Wildman–Crippen MR) is 71.3 cm³/mol. The number of nitrogens with zero attached hydrogens (tertiary/aromatic N) is 2. The molecule has 0 aliphatic heterocycles. The van der Waals surface area contributed by atoms with Crippen LogP contribution in [0.2, 0.25) is 0 Å². The van der Waals surface area contributed by atoms with E-state index in [1.54, 1.807) is 18.8 Å². The van der Waals surface area contributed by atoms with Crippen molar-refractivity contribution in [3.05, 3.63) is 35.5 Å². The van der Waals surface area contributed by atoms with Crippen molar-refractivity contribution in [2.75, 3.05) is 7.11 Å². The van der Waals surface area contributed by atoms with E-state index < -0.39 is 5.97 Å². The third kappa shape index (κ3) is 2.59. The molecule has 0 unspecified atom stereocenters. The summed E-state index contributed by atoms with van der Waals surface area (Å²) < 4.78 is 6.81. The lowest BCUT2D eigenvalue weighted by Gasteiger charge is -2.03. The molecule has 0 saturated carbocycles. The van der Waals surface area contributed by atoms with Gasteiger partial charge in [0.25, 0.3) is 0 Å². The number of ether oxygens (including phenoxy) is 1. The van der Waals surface area contributed by atoms with Crippen LogP contribution in [0.5, 0.6) is 5.75 Å². The van der Waals surface area contributed by atoms with Crippen molar-refractivity contribution in [2.24, 2.45) is 7.05 Å². The zero-order valence-corrected chi connectivity index (χ0v) is 11.2. The Balaban J connectivity index is 2.48.